The number of methoxy groups -OCH3 is 1. The Kier molecular flexibility index (Phi) is 6.20. The van der Waals surface area contributed by atoms with Crippen LogP contribution in [0.15, 0.2) is 34.8 Å². The fourth-order valence-electron chi connectivity index (χ4n) is 2.46. The van der Waals surface area contributed by atoms with Crippen molar-refractivity contribution < 1.29 is 19.2 Å². The molecule has 0 fully saturated rings. The van der Waals surface area contributed by atoms with Crippen molar-refractivity contribution in [1.29, 1.82) is 0 Å². The van der Waals surface area contributed by atoms with Gasteiger partial charge < -0.3 is 14.8 Å². The zero-order valence-corrected chi connectivity index (χ0v) is 16.4. The first-order valence-corrected chi connectivity index (χ1v) is 8.59. The van der Waals surface area contributed by atoms with E-state index in [0.717, 1.165) is 15.6 Å². The van der Waals surface area contributed by atoms with Gasteiger partial charge in [-0.2, -0.15) is 0 Å². The average Bonchev–Trinajstić information content (AvgIpc) is 2.57. The maximum Gasteiger partial charge on any atom is 0.271 e. The van der Waals surface area contributed by atoms with E-state index >= 15 is 0 Å². The van der Waals surface area contributed by atoms with E-state index in [0.29, 0.717) is 11.5 Å². The van der Waals surface area contributed by atoms with Gasteiger partial charge in [0.15, 0.2) is 6.10 Å². The van der Waals surface area contributed by atoms with Crippen LogP contribution in [0.4, 0.5) is 11.4 Å². The van der Waals surface area contributed by atoms with Gasteiger partial charge in [0.05, 0.1) is 17.7 Å². The summed E-state index contributed by atoms with van der Waals surface area (Å²) >= 11 is 3.42. The lowest BCUT2D eigenvalue weighted by Crippen LogP contribution is -2.30. The van der Waals surface area contributed by atoms with E-state index in [1.807, 2.05) is 26.0 Å². The van der Waals surface area contributed by atoms with E-state index in [-0.39, 0.29) is 11.4 Å². The third-order valence-corrected chi connectivity index (χ3v) is 4.20. The van der Waals surface area contributed by atoms with Crippen LogP contribution in [0, 0.1) is 24.0 Å². The zero-order valence-electron chi connectivity index (χ0n) is 14.8. The molecule has 0 saturated heterocycles. The predicted octanol–water partition coefficient (Wildman–Crippen LogP) is 4.39. The Morgan fingerprint density at radius 2 is 1.85 bits per heavy atom. The largest absolute Gasteiger partial charge is 0.495 e. The molecule has 0 radical (unpaired) electrons. The predicted molar refractivity (Wildman–Crippen MR) is 102 cm³/mol. The number of ether oxygens (including phenoxy) is 2. The second-order valence-corrected chi connectivity index (χ2v) is 6.68. The Hall–Kier alpha value is -2.61. The van der Waals surface area contributed by atoms with Crippen LogP contribution in [-0.2, 0) is 4.79 Å². The molecule has 0 heterocycles. The number of nitro benzene ring substituents is 1. The van der Waals surface area contributed by atoms with Crippen molar-refractivity contribution in [1.82, 2.24) is 0 Å². The molecule has 0 spiro atoms. The van der Waals surface area contributed by atoms with Crippen LogP contribution in [0.3, 0.4) is 0 Å². The molecule has 0 aliphatic carbocycles. The van der Waals surface area contributed by atoms with E-state index in [1.54, 1.807) is 6.92 Å². The number of hydrogen-bond acceptors (Lipinski definition) is 5. The number of carbonyl (C=O) groups is 1. The standard InChI is InChI=1S/C18H19BrN2O5/c1-10-7-13(19)8-11(2)17(10)26-12(3)18(22)20-15-9-14(21(23)24)5-6-16(15)25-4/h5-9,12H,1-4H3,(H,20,22)/t12-/m0/s1. The van der Waals surface area contributed by atoms with Gasteiger partial charge in [-0.3, -0.25) is 14.9 Å². The molecule has 2 rings (SSSR count). The van der Waals surface area contributed by atoms with Crippen LogP contribution >= 0.6 is 15.9 Å². The number of non-ortho nitro benzene ring substituents is 1. The summed E-state index contributed by atoms with van der Waals surface area (Å²) in [5, 5.41) is 13.6. The maximum absolute atomic E-state index is 12.5. The number of hydrogen-bond donors (Lipinski definition) is 1. The number of carbonyl (C=O) groups excluding carboxylic acids is 1. The van der Waals surface area contributed by atoms with Gasteiger partial charge in [-0.15, -0.1) is 0 Å². The smallest absolute Gasteiger partial charge is 0.271 e. The summed E-state index contributed by atoms with van der Waals surface area (Å²) in [6, 6.07) is 7.79. The molecule has 0 aromatic heterocycles. The Morgan fingerprint density at radius 3 is 2.38 bits per heavy atom. The number of nitro groups is 1. The zero-order chi connectivity index (χ0) is 19.4. The number of nitrogens with zero attached hydrogens (tertiary/aromatic N) is 1. The van der Waals surface area contributed by atoms with Gasteiger partial charge in [0, 0.05) is 16.6 Å². The highest BCUT2D eigenvalue weighted by Crippen LogP contribution is 2.30. The van der Waals surface area contributed by atoms with Crippen LogP contribution < -0.4 is 14.8 Å². The first kappa shape index (κ1) is 19.7. The molecule has 1 atom stereocenters. The van der Waals surface area contributed by atoms with Crippen LogP contribution in [0.2, 0.25) is 0 Å². The normalized spacial score (nSPS) is 11.6. The molecule has 0 bridgehead atoms. The molecular weight excluding hydrogens is 404 g/mol. The van der Waals surface area contributed by atoms with Gasteiger partial charge in [0.1, 0.15) is 11.5 Å². The molecule has 0 unspecified atom stereocenters. The van der Waals surface area contributed by atoms with Crippen LogP contribution in [0.5, 0.6) is 11.5 Å². The summed E-state index contributed by atoms with van der Waals surface area (Å²) in [6.07, 6.45) is -0.808. The number of benzene rings is 2. The third kappa shape index (κ3) is 4.51. The highest BCUT2D eigenvalue weighted by molar-refractivity contribution is 9.10. The lowest BCUT2D eigenvalue weighted by Gasteiger charge is -2.19. The lowest BCUT2D eigenvalue weighted by atomic mass is 10.1. The van der Waals surface area contributed by atoms with E-state index < -0.39 is 16.9 Å². The first-order valence-electron chi connectivity index (χ1n) is 7.79. The van der Waals surface area contributed by atoms with Gasteiger partial charge in [0.2, 0.25) is 0 Å². The quantitative estimate of drug-likeness (QED) is 0.550. The highest BCUT2D eigenvalue weighted by atomic mass is 79.9. The van der Waals surface area contributed by atoms with Gasteiger partial charge in [-0.1, -0.05) is 15.9 Å². The topological polar surface area (TPSA) is 90.7 Å². The summed E-state index contributed by atoms with van der Waals surface area (Å²) < 4.78 is 11.9. The third-order valence-electron chi connectivity index (χ3n) is 3.74. The lowest BCUT2D eigenvalue weighted by molar-refractivity contribution is -0.384. The minimum atomic E-state index is -0.808. The first-order chi connectivity index (χ1) is 12.2. The van der Waals surface area contributed by atoms with E-state index in [9.17, 15) is 14.9 Å². The molecule has 8 heteroatoms. The molecule has 2 aromatic rings. The fourth-order valence-corrected chi connectivity index (χ4v) is 3.14. The Bertz CT molecular complexity index is 830. The molecule has 26 heavy (non-hydrogen) atoms. The summed E-state index contributed by atoms with van der Waals surface area (Å²) in [4.78, 5) is 22.9. The molecule has 0 aliphatic rings. The number of aryl methyl sites for hydroxylation is 2. The second-order valence-electron chi connectivity index (χ2n) is 5.76. The molecular formula is C18H19BrN2O5. The van der Waals surface area contributed by atoms with Gasteiger partial charge in [-0.05, 0) is 50.1 Å². The molecule has 2 aromatic carbocycles. The van der Waals surface area contributed by atoms with Crippen LogP contribution in [0.1, 0.15) is 18.1 Å². The number of anilines is 1. The van der Waals surface area contributed by atoms with Crippen molar-refractivity contribution in [2.45, 2.75) is 26.9 Å². The molecule has 1 amide bonds. The minimum absolute atomic E-state index is 0.144. The number of amides is 1. The number of nitrogens with one attached hydrogen (secondary N) is 1. The number of halogens is 1. The minimum Gasteiger partial charge on any atom is -0.495 e. The van der Waals surface area contributed by atoms with E-state index in [2.05, 4.69) is 21.2 Å². The van der Waals surface area contributed by atoms with Crippen molar-refractivity contribution >= 4 is 33.2 Å². The van der Waals surface area contributed by atoms with Gasteiger partial charge >= 0.3 is 0 Å². The van der Waals surface area contributed by atoms with Crippen molar-refractivity contribution in [3.8, 4) is 11.5 Å². The molecule has 138 valence electrons. The fraction of sp³-hybridized carbons (Fsp3) is 0.278. The van der Waals surface area contributed by atoms with E-state index in [1.165, 1.54) is 25.3 Å². The Morgan fingerprint density at radius 1 is 1.23 bits per heavy atom. The van der Waals surface area contributed by atoms with Crippen molar-refractivity contribution in [3.05, 3.63) is 56.0 Å². The Labute approximate surface area is 159 Å². The van der Waals surface area contributed by atoms with Crippen LogP contribution in [0.25, 0.3) is 0 Å². The molecule has 0 aliphatic heterocycles. The maximum atomic E-state index is 12.5. The summed E-state index contributed by atoms with van der Waals surface area (Å²) in [7, 11) is 1.42. The number of rotatable bonds is 6. The average molecular weight is 423 g/mol. The molecule has 0 saturated carbocycles. The highest BCUT2D eigenvalue weighted by Gasteiger charge is 2.20. The Balaban J connectivity index is 2.20. The summed E-state index contributed by atoms with van der Waals surface area (Å²) in [6.45, 7) is 5.39. The summed E-state index contributed by atoms with van der Waals surface area (Å²) in [5.41, 5.74) is 1.86. The van der Waals surface area contributed by atoms with Crippen molar-refractivity contribution in [3.63, 3.8) is 0 Å². The summed E-state index contributed by atoms with van der Waals surface area (Å²) in [5.74, 6) is 0.513. The van der Waals surface area contributed by atoms with Crippen molar-refractivity contribution in [2.24, 2.45) is 0 Å². The molecule has 1 N–H and O–H groups in total. The second kappa shape index (κ2) is 8.18. The molecule has 7 nitrogen and oxygen atoms in total. The monoisotopic (exact) mass is 422 g/mol. The SMILES string of the molecule is COc1ccc([N+](=O)[O-])cc1NC(=O)[C@H](C)Oc1c(C)cc(Br)cc1C. The van der Waals surface area contributed by atoms with Crippen LogP contribution in [-0.4, -0.2) is 24.0 Å². The van der Waals surface area contributed by atoms with Crippen molar-refractivity contribution in [2.75, 3.05) is 12.4 Å². The van der Waals surface area contributed by atoms with Gasteiger partial charge in [0.25, 0.3) is 11.6 Å². The van der Waals surface area contributed by atoms with E-state index in [4.69, 9.17) is 9.47 Å². The van der Waals surface area contributed by atoms with Gasteiger partial charge in [-0.25, -0.2) is 0 Å².